The summed E-state index contributed by atoms with van der Waals surface area (Å²) in [5.41, 5.74) is 13.1. The molecule has 0 fully saturated rings. The van der Waals surface area contributed by atoms with E-state index in [9.17, 15) is 0 Å². The van der Waals surface area contributed by atoms with Gasteiger partial charge >= 0.3 is 0 Å². The molecule has 0 N–H and O–H groups in total. The zero-order chi connectivity index (χ0) is 36.3. The molecule has 0 bridgehead atoms. The van der Waals surface area contributed by atoms with Crippen molar-refractivity contribution in [2.45, 2.75) is 0 Å². The number of nitrogens with zero attached hydrogens (tertiary/aromatic N) is 1. The third-order valence-electron chi connectivity index (χ3n) is 10.9. The van der Waals surface area contributed by atoms with Crippen molar-refractivity contribution in [3.8, 4) is 33.4 Å². The largest absolute Gasteiger partial charge is 0.454 e. The standard InChI is InChI=1S/C52H33NO2/c1-3-12-34(13-4-1)36-22-24-39(25-23-36)41-32-33-46-45-31-28-38-16-7-8-17-42(38)50(45)55-52(46)49(41)53(40-29-26-37(27-30-40)35-14-5-2-6-15-35)47-20-11-19-44-43-18-9-10-21-48(43)54-51(44)47/h1-33H. The molecular weight excluding hydrogens is 671 g/mol. The molecule has 0 radical (unpaired) electrons. The van der Waals surface area contributed by atoms with Gasteiger partial charge in [0.25, 0.3) is 0 Å². The van der Waals surface area contributed by atoms with Crippen molar-refractivity contribution in [1.82, 2.24) is 0 Å². The first-order valence-electron chi connectivity index (χ1n) is 18.7. The number of fused-ring (bicyclic) bond motifs is 8. The van der Waals surface area contributed by atoms with Crippen molar-refractivity contribution in [1.29, 1.82) is 0 Å². The molecule has 9 aromatic carbocycles. The lowest BCUT2D eigenvalue weighted by Crippen LogP contribution is -2.12. The molecule has 0 saturated carbocycles. The first kappa shape index (κ1) is 31.2. The summed E-state index contributed by atoms with van der Waals surface area (Å²) >= 11 is 0. The molecule has 0 aliphatic carbocycles. The van der Waals surface area contributed by atoms with Gasteiger partial charge in [0, 0.05) is 38.2 Å². The molecule has 0 saturated heterocycles. The normalized spacial score (nSPS) is 11.6. The summed E-state index contributed by atoms with van der Waals surface area (Å²) in [5, 5.41) is 6.53. The fraction of sp³-hybridized carbons (Fsp3) is 0. The molecule has 2 aromatic heterocycles. The summed E-state index contributed by atoms with van der Waals surface area (Å²) in [4.78, 5) is 2.34. The Kier molecular flexibility index (Phi) is 7.17. The highest BCUT2D eigenvalue weighted by atomic mass is 16.3. The van der Waals surface area contributed by atoms with E-state index in [0.717, 1.165) is 88.4 Å². The van der Waals surface area contributed by atoms with Crippen LogP contribution in [0.15, 0.2) is 209 Å². The predicted molar refractivity (Wildman–Crippen MR) is 229 cm³/mol. The van der Waals surface area contributed by atoms with E-state index < -0.39 is 0 Å². The highest BCUT2D eigenvalue weighted by molar-refractivity contribution is 6.20. The molecular formula is C52H33NO2. The van der Waals surface area contributed by atoms with Crippen LogP contribution in [-0.2, 0) is 0 Å². The average Bonchev–Trinajstić information content (AvgIpc) is 3.84. The maximum Gasteiger partial charge on any atom is 0.160 e. The number of hydrogen-bond donors (Lipinski definition) is 0. The highest BCUT2D eigenvalue weighted by Gasteiger charge is 2.27. The maximum absolute atomic E-state index is 7.17. The number of rotatable bonds is 6. The lowest BCUT2D eigenvalue weighted by atomic mass is 9.96. The molecule has 0 spiro atoms. The molecule has 2 heterocycles. The minimum atomic E-state index is 0.816. The number of furan rings is 2. The molecule has 3 heteroatoms. The van der Waals surface area contributed by atoms with E-state index in [1.807, 2.05) is 12.1 Å². The van der Waals surface area contributed by atoms with Crippen LogP contribution in [-0.4, -0.2) is 0 Å². The van der Waals surface area contributed by atoms with Crippen LogP contribution in [0, 0.1) is 0 Å². The molecule has 3 nitrogen and oxygen atoms in total. The Bertz CT molecular complexity index is 3180. The molecule has 11 rings (SSSR count). The van der Waals surface area contributed by atoms with Crippen molar-refractivity contribution in [3.05, 3.63) is 200 Å². The zero-order valence-corrected chi connectivity index (χ0v) is 29.8. The van der Waals surface area contributed by atoms with E-state index in [0.29, 0.717) is 0 Å². The molecule has 55 heavy (non-hydrogen) atoms. The second-order valence-electron chi connectivity index (χ2n) is 14.0. The van der Waals surface area contributed by atoms with Gasteiger partial charge in [-0.3, -0.25) is 0 Å². The van der Waals surface area contributed by atoms with E-state index in [4.69, 9.17) is 8.83 Å². The van der Waals surface area contributed by atoms with Gasteiger partial charge in [-0.05, 0) is 69.6 Å². The Balaban J connectivity index is 1.23. The number of hydrogen-bond acceptors (Lipinski definition) is 3. The Labute approximate surface area is 317 Å². The summed E-state index contributed by atoms with van der Waals surface area (Å²) < 4.78 is 13.9. The van der Waals surface area contributed by atoms with Crippen molar-refractivity contribution in [2.75, 3.05) is 4.90 Å². The van der Waals surface area contributed by atoms with Gasteiger partial charge in [0.15, 0.2) is 11.2 Å². The number of benzene rings is 9. The summed E-state index contributed by atoms with van der Waals surface area (Å²) in [6.07, 6.45) is 0. The van der Waals surface area contributed by atoms with Gasteiger partial charge in [0.2, 0.25) is 0 Å². The van der Waals surface area contributed by atoms with Crippen LogP contribution in [0.2, 0.25) is 0 Å². The summed E-state index contributed by atoms with van der Waals surface area (Å²) in [6.45, 7) is 0. The van der Waals surface area contributed by atoms with Crippen LogP contribution in [0.1, 0.15) is 0 Å². The Morgan fingerprint density at radius 2 is 0.855 bits per heavy atom. The monoisotopic (exact) mass is 703 g/mol. The summed E-state index contributed by atoms with van der Waals surface area (Å²) in [5.74, 6) is 0. The quantitative estimate of drug-likeness (QED) is 0.173. The molecule has 0 atom stereocenters. The van der Waals surface area contributed by atoms with Gasteiger partial charge in [0.1, 0.15) is 11.2 Å². The van der Waals surface area contributed by atoms with Crippen LogP contribution in [0.4, 0.5) is 17.1 Å². The Morgan fingerprint density at radius 1 is 0.309 bits per heavy atom. The van der Waals surface area contributed by atoms with Gasteiger partial charge in [-0.25, -0.2) is 0 Å². The molecule has 0 amide bonds. The average molecular weight is 704 g/mol. The minimum Gasteiger partial charge on any atom is -0.454 e. The van der Waals surface area contributed by atoms with Crippen LogP contribution in [0.25, 0.3) is 88.0 Å². The van der Waals surface area contributed by atoms with Crippen molar-refractivity contribution < 1.29 is 8.83 Å². The van der Waals surface area contributed by atoms with E-state index in [1.54, 1.807) is 0 Å². The zero-order valence-electron chi connectivity index (χ0n) is 29.8. The van der Waals surface area contributed by atoms with E-state index in [2.05, 4.69) is 193 Å². The Hall–Kier alpha value is -7.36. The first-order valence-corrected chi connectivity index (χ1v) is 18.7. The number of para-hydroxylation sites is 2. The molecule has 11 aromatic rings. The van der Waals surface area contributed by atoms with E-state index in [-0.39, 0.29) is 0 Å². The lowest BCUT2D eigenvalue weighted by molar-refractivity contribution is 0.667. The fourth-order valence-corrected chi connectivity index (χ4v) is 8.21. The van der Waals surface area contributed by atoms with Gasteiger partial charge in [-0.2, -0.15) is 0 Å². The molecule has 0 aliphatic rings. The first-order chi connectivity index (χ1) is 27.3. The van der Waals surface area contributed by atoms with Gasteiger partial charge in [0.05, 0.1) is 11.4 Å². The third-order valence-corrected chi connectivity index (χ3v) is 10.9. The summed E-state index contributed by atoms with van der Waals surface area (Å²) in [7, 11) is 0. The van der Waals surface area contributed by atoms with Crippen molar-refractivity contribution >= 4 is 71.7 Å². The smallest absolute Gasteiger partial charge is 0.160 e. The third kappa shape index (κ3) is 5.13. The fourth-order valence-electron chi connectivity index (χ4n) is 8.21. The maximum atomic E-state index is 7.17. The van der Waals surface area contributed by atoms with Crippen molar-refractivity contribution in [2.24, 2.45) is 0 Å². The topological polar surface area (TPSA) is 29.5 Å². The molecule has 0 unspecified atom stereocenters. The molecule has 0 aliphatic heterocycles. The van der Waals surface area contributed by atoms with Gasteiger partial charge in [-0.1, -0.05) is 164 Å². The van der Waals surface area contributed by atoms with E-state index >= 15 is 0 Å². The number of anilines is 3. The van der Waals surface area contributed by atoms with Crippen LogP contribution < -0.4 is 4.90 Å². The second-order valence-corrected chi connectivity index (χ2v) is 14.0. The lowest BCUT2D eigenvalue weighted by Gasteiger charge is -2.28. The van der Waals surface area contributed by atoms with E-state index in [1.165, 1.54) is 16.7 Å². The second kappa shape index (κ2) is 12.6. The van der Waals surface area contributed by atoms with Crippen LogP contribution in [0.5, 0.6) is 0 Å². The SMILES string of the molecule is c1ccc(-c2ccc(-c3ccc4c(oc5c6ccccc6ccc45)c3N(c3ccc(-c4ccccc4)cc3)c3cccc4c3oc3ccccc34)cc2)cc1. The minimum absolute atomic E-state index is 0.816. The molecule has 258 valence electrons. The predicted octanol–water partition coefficient (Wildman–Crippen LogP) is 15.1. The van der Waals surface area contributed by atoms with Crippen LogP contribution >= 0.6 is 0 Å². The summed E-state index contributed by atoms with van der Waals surface area (Å²) in [6, 6.07) is 70.8. The van der Waals surface area contributed by atoms with Crippen molar-refractivity contribution in [3.63, 3.8) is 0 Å². The van der Waals surface area contributed by atoms with Gasteiger partial charge < -0.3 is 13.7 Å². The van der Waals surface area contributed by atoms with Gasteiger partial charge in [-0.15, -0.1) is 0 Å². The Morgan fingerprint density at radius 3 is 1.60 bits per heavy atom. The van der Waals surface area contributed by atoms with Crippen LogP contribution in [0.3, 0.4) is 0 Å². The highest BCUT2D eigenvalue weighted by Crippen LogP contribution is 2.50.